The van der Waals surface area contributed by atoms with Crippen LogP contribution in [0.25, 0.3) is 10.4 Å². The Morgan fingerprint density at radius 2 is 0.795 bits per heavy atom. The maximum absolute atomic E-state index is 11.9. The molecule has 0 heterocycles. The number of hydrogen-bond acceptors (Lipinski definition) is 17. The second-order valence-corrected chi connectivity index (χ2v) is 18.1. The number of alkyl halides is 1. The van der Waals surface area contributed by atoms with E-state index in [-0.39, 0.29) is 37.9 Å². The highest BCUT2D eigenvalue weighted by Crippen LogP contribution is 2.13. The van der Waals surface area contributed by atoms with Crippen molar-refractivity contribution in [3.05, 3.63) is 40.3 Å². The highest BCUT2D eigenvalue weighted by atomic mass is 79.9. The Hall–Kier alpha value is -1.60. The third kappa shape index (κ3) is 81.9. The lowest BCUT2D eigenvalue weighted by atomic mass is 10.2. The molecule has 0 aliphatic carbocycles. The number of ether oxygens (including phenoxy) is 9. The van der Waals surface area contributed by atoms with Crippen molar-refractivity contribution in [2.75, 3.05) is 164 Å². The zero-order valence-corrected chi connectivity index (χ0v) is 48.9. The van der Waals surface area contributed by atoms with E-state index in [0.29, 0.717) is 99.0 Å². The number of aliphatic hydroxyl groups excluding tert-OH is 3. The largest absolute Gasteiger partial charge is 0.394 e. The van der Waals surface area contributed by atoms with Gasteiger partial charge in [0.05, 0.1) is 124 Å². The number of nitrogens with two attached hydrogens (primary N) is 1. The molecule has 0 aromatic heterocycles. The minimum absolute atomic E-state index is 0.00600. The van der Waals surface area contributed by atoms with E-state index in [2.05, 4.69) is 65.3 Å². The van der Waals surface area contributed by atoms with E-state index in [1.165, 1.54) is 88.1 Å². The van der Waals surface area contributed by atoms with Gasteiger partial charge in [-0.15, -0.1) is 0 Å². The number of unbranched alkanes of at least 4 members (excludes halogenated alkanes) is 10. The van der Waals surface area contributed by atoms with Gasteiger partial charge in [-0.25, -0.2) is 0 Å². The first-order chi connectivity index (χ1) is 35.6. The number of benzene rings is 1. The van der Waals surface area contributed by atoms with Crippen LogP contribution in [0.5, 0.6) is 0 Å². The third-order valence-electron chi connectivity index (χ3n) is 8.94. The van der Waals surface area contributed by atoms with Crippen LogP contribution in [0.3, 0.4) is 0 Å². The number of hydrogen-bond donors (Lipinski definition) is 4. The Bertz CT molecular complexity index is 1220. The molecule has 0 unspecified atom stereocenters. The standard InChI is InChI=1S/C16H26O5S.C9H19N3O2.C9H21NO2.C9H20O3.C5H11Br.C4H10O3/c1-3-4-5-10-19-11-12-20-13-14-21-22(17,18)16-8-6-15(2)7-9-16;1-2-3-4-6-13-8-9-14-7-5-11-12-10;2*1-2-3-4-6-11-8-9-12-7-5-10;1-2-3-4-5-6;5-1-3-7-4-2-6/h6-9H,3-5,10-14H2,1-2H3;2-9H2,1H3;2-10H2,1H3;10H,2-9H2,1H3;2-5H2,1H3;5-6H,1-4H2. The first-order valence-electron chi connectivity index (χ1n) is 26.9. The molecule has 0 bridgehead atoms. The monoisotopic (exact) mass is 1140 g/mol. The minimum atomic E-state index is -3.70. The quantitative estimate of drug-likeness (QED) is 0.0118. The molecule has 0 aliphatic rings. The molecule has 0 atom stereocenters. The van der Waals surface area contributed by atoms with Gasteiger partial charge < -0.3 is 63.7 Å². The molecule has 1 aromatic carbocycles. The fraction of sp³-hybridized carbons (Fsp3) is 0.885. The van der Waals surface area contributed by atoms with E-state index in [9.17, 15) is 8.42 Å². The third-order valence-corrected chi connectivity index (χ3v) is 10.8. The highest BCUT2D eigenvalue weighted by molar-refractivity contribution is 9.09. The average Bonchev–Trinajstić information content (AvgIpc) is 3.39. The lowest BCUT2D eigenvalue weighted by Crippen LogP contribution is -2.13. The van der Waals surface area contributed by atoms with Crippen molar-refractivity contribution in [1.29, 1.82) is 0 Å². The SMILES string of the molecule is CCCCCBr.CCCCCOCCOCCN.CCCCCOCCOCCN=[N+]=[N-].CCCCCOCCOCCO.CCCCCOCCOCCOS(=O)(=O)c1ccc(C)cc1.OCCOCCO. The molecule has 19 nitrogen and oxygen atoms in total. The van der Waals surface area contributed by atoms with Crippen LogP contribution in [0.15, 0.2) is 34.3 Å². The van der Waals surface area contributed by atoms with Crippen molar-refractivity contribution in [3.8, 4) is 0 Å². The number of azide groups is 1. The van der Waals surface area contributed by atoms with Crippen molar-refractivity contribution in [2.45, 2.75) is 143 Å². The summed E-state index contributed by atoms with van der Waals surface area (Å²) in [5, 5.41) is 29.1. The first-order valence-corrected chi connectivity index (χ1v) is 29.4. The Kier molecular flexibility index (Phi) is 84.6. The zero-order valence-electron chi connectivity index (χ0n) is 46.5. The van der Waals surface area contributed by atoms with E-state index < -0.39 is 10.1 Å². The molecule has 0 saturated carbocycles. The number of aliphatic hydroxyl groups is 3. The zero-order chi connectivity index (χ0) is 55.3. The van der Waals surface area contributed by atoms with Crippen LogP contribution in [-0.4, -0.2) is 188 Å². The molecule has 21 heteroatoms. The molecule has 0 amide bonds. The van der Waals surface area contributed by atoms with Gasteiger partial charge in [0, 0.05) is 49.8 Å². The van der Waals surface area contributed by atoms with Gasteiger partial charge in [-0.05, 0) is 56.7 Å². The molecule has 0 radical (unpaired) electrons. The van der Waals surface area contributed by atoms with Crippen LogP contribution in [0, 0.1) is 6.92 Å². The van der Waals surface area contributed by atoms with Gasteiger partial charge >= 0.3 is 0 Å². The van der Waals surface area contributed by atoms with Gasteiger partial charge in [0.1, 0.15) is 0 Å². The van der Waals surface area contributed by atoms with E-state index in [1.54, 1.807) is 12.1 Å². The summed E-state index contributed by atoms with van der Waals surface area (Å²) in [4.78, 5) is 2.78. The van der Waals surface area contributed by atoms with Crippen LogP contribution < -0.4 is 5.73 Å². The predicted octanol–water partition coefficient (Wildman–Crippen LogP) is 9.37. The summed E-state index contributed by atoms with van der Waals surface area (Å²) in [5.74, 6) is 0. The fourth-order valence-corrected chi connectivity index (χ4v) is 6.24. The molecule has 0 saturated heterocycles. The second-order valence-electron chi connectivity index (χ2n) is 15.7. The number of halogens is 1. The molecule has 0 fully saturated rings. The Morgan fingerprint density at radius 1 is 0.479 bits per heavy atom. The van der Waals surface area contributed by atoms with Gasteiger partial charge in [-0.2, -0.15) is 8.42 Å². The van der Waals surface area contributed by atoms with Crippen LogP contribution in [0.2, 0.25) is 0 Å². The summed E-state index contributed by atoms with van der Waals surface area (Å²) in [5.41, 5.74) is 14.2. The van der Waals surface area contributed by atoms with Gasteiger partial charge in [0.25, 0.3) is 10.1 Å². The smallest absolute Gasteiger partial charge is 0.297 e. The molecular formula is C52H107BrN4O15S. The normalized spacial score (nSPS) is 10.5. The van der Waals surface area contributed by atoms with Crippen molar-refractivity contribution < 1.29 is 70.6 Å². The average molecular weight is 1140 g/mol. The molecule has 5 N–H and O–H groups in total. The van der Waals surface area contributed by atoms with Gasteiger partial charge in [0.15, 0.2) is 0 Å². The van der Waals surface area contributed by atoms with Crippen LogP contribution >= 0.6 is 15.9 Å². The maximum atomic E-state index is 11.9. The molecule has 73 heavy (non-hydrogen) atoms. The lowest BCUT2D eigenvalue weighted by molar-refractivity contribution is 0.0321. The number of nitrogens with zero attached hydrogens (tertiary/aromatic N) is 3. The molecular weight excluding hydrogens is 1030 g/mol. The van der Waals surface area contributed by atoms with Crippen molar-refractivity contribution in [1.82, 2.24) is 0 Å². The number of aryl methyl sites for hydroxylation is 1. The summed E-state index contributed by atoms with van der Waals surface area (Å²) < 4.78 is 75.2. The Labute approximate surface area is 452 Å². The lowest BCUT2D eigenvalue weighted by Gasteiger charge is -2.07. The van der Waals surface area contributed by atoms with Crippen LogP contribution in [0.4, 0.5) is 0 Å². The summed E-state index contributed by atoms with van der Waals surface area (Å²) in [6, 6.07) is 6.55. The van der Waals surface area contributed by atoms with Crippen LogP contribution in [-0.2, 0) is 56.9 Å². The van der Waals surface area contributed by atoms with Crippen LogP contribution in [0.1, 0.15) is 136 Å². The Morgan fingerprint density at radius 3 is 1.12 bits per heavy atom. The molecule has 438 valence electrons. The summed E-state index contributed by atoms with van der Waals surface area (Å²) >= 11 is 3.35. The summed E-state index contributed by atoms with van der Waals surface area (Å²) in [6.45, 7) is 24.3. The van der Waals surface area contributed by atoms with E-state index in [0.717, 1.165) is 57.7 Å². The molecule has 1 aromatic rings. The van der Waals surface area contributed by atoms with Crippen molar-refractivity contribution >= 4 is 26.0 Å². The van der Waals surface area contributed by atoms with E-state index in [1.807, 2.05) is 6.92 Å². The topological polar surface area (TPSA) is 262 Å². The Balaban J connectivity index is -0.000000267. The number of rotatable bonds is 47. The van der Waals surface area contributed by atoms with Crippen molar-refractivity contribution in [2.24, 2.45) is 10.8 Å². The summed E-state index contributed by atoms with van der Waals surface area (Å²) in [7, 11) is -3.70. The molecule has 1 rings (SSSR count). The maximum Gasteiger partial charge on any atom is 0.297 e. The summed E-state index contributed by atoms with van der Waals surface area (Å²) in [6.07, 6.45) is 18.2. The van der Waals surface area contributed by atoms with E-state index in [4.69, 9.17) is 68.7 Å². The fourth-order valence-electron chi connectivity index (χ4n) is 4.95. The molecule has 0 aliphatic heterocycles. The highest BCUT2D eigenvalue weighted by Gasteiger charge is 2.14. The second kappa shape index (κ2) is 76.9. The van der Waals surface area contributed by atoms with Gasteiger partial charge in [0.2, 0.25) is 0 Å². The van der Waals surface area contributed by atoms with E-state index >= 15 is 0 Å². The van der Waals surface area contributed by atoms with Gasteiger partial charge in [-0.3, -0.25) is 4.18 Å². The van der Waals surface area contributed by atoms with Crippen molar-refractivity contribution in [3.63, 3.8) is 0 Å². The minimum Gasteiger partial charge on any atom is -0.394 e. The van der Waals surface area contributed by atoms with Gasteiger partial charge in [-0.1, -0.05) is 138 Å². The molecule has 0 spiro atoms. The predicted molar refractivity (Wildman–Crippen MR) is 297 cm³/mol. The first kappa shape index (κ1) is 80.3.